The molecule has 3 aliphatic carbocycles. The topological polar surface area (TPSA) is 41.6 Å². The Bertz CT molecular complexity index is 582. The summed E-state index contributed by atoms with van der Waals surface area (Å²) in [7, 11) is 0. The lowest BCUT2D eigenvalue weighted by Crippen LogP contribution is -2.39. The van der Waals surface area contributed by atoms with E-state index in [0.717, 1.165) is 22.8 Å². The number of hydrogen-bond donors (Lipinski definition) is 1. The van der Waals surface area contributed by atoms with Gasteiger partial charge in [-0.05, 0) is 50.5 Å². The molecule has 2 aromatic heterocycles. The standard InChI is InChI=1S/C14H16ClN3/c15-11-10-4-8-16-12(10)18-13(17-11)14-5-1-9(2-6-14)3-7-14/h4,8-9H,1-3,5-7H2,(H,16,17,18). The first kappa shape index (κ1) is 10.8. The van der Waals surface area contributed by atoms with Gasteiger partial charge in [0.1, 0.15) is 16.6 Å². The lowest BCUT2D eigenvalue weighted by atomic mass is 9.60. The van der Waals surface area contributed by atoms with Crippen molar-refractivity contribution in [3.8, 4) is 0 Å². The van der Waals surface area contributed by atoms with Gasteiger partial charge in [-0.3, -0.25) is 0 Å². The molecule has 0 saturated heterocycles. The van der Waals surface area contributed by atoms with E-state index in [1.54, 1.807) is 0 Å². The van der Waals surface area contributed by atoms with Gasteiger partial charge >= 0.3 is 0 Å². The molecule has 3 aliphatic rings. The Balaban J connectivity index is 1.86. The fourth-order valence-corrected chi connectivity index (χ4v) is 3.96. The second-order valence-corrected chi connectivity index (χ2v) is 6.20. The highest BCUT2D eigenvalue weighted by molar-refractivity contribution is 6.33. The van der Waals surface area contributed by atoms with E-state index in [-0.39, 0.29) is 5.41 Å². The van der Waals surface area contributed by atoms with E-state index in [1.807, 2.05) is 12.3 Å². The predicted molar refractivity (Wildman–Crippen MR) is 71.8 cm³/mol. The van der Waals surface area contributed by atoms with Crippen molar-refractivity contribution in [2.45, 2.75) is 43.9 Å². The number of nitrogens with one attached hydrogen (secondary N) is 1. The molecule has 0 aliphatic heterocycles. The quantitative estimate of drug-likeness (QED) is 0.793. The van der Waals surface area contributed by atoms with Crippen molar-refractivity contribution in [1.82, 2.24) is 15.0 Å². The summed E-state index contributed by atoms with van der Waals surface area (Å²) in [6.45, 7) is 0. The van der Waals surface area contributed by atoms with Crippen LogP contribution in [0.3, 0.4) is 0 Å². The lowest BCUT2D eigenvalue weighted by molar-refractivity contribution is 0.128. The van der Waals surface area contributed by atoms with Crippen molar-refractivity contribution in [2.75, 3.05) is 0 Å². The molecule has 0 spiro atoms. The van der Waals surface area contributed by atoms with E-state index in [1.165, 1.54) is 38.5 Å². The molecule has 3 nitrogen and oxygen atoms in total. The second-order valence-electron chi connectivity index (χ2n) is 5.84. The highest BCUT2D eigenvalue weighted by Gasteiger charge is 2.43. The number of nitrogens with zero attached hydrogens (tertiary/aromatic N) is 2. The van der Waals surface area contributed by atoms with Crippen LogP contribution in [0.15, 0.2) is 12.3 Å². The summed E-state index contributed by atoms with van der Waals surface area (Å²) in [5.74, 6) is 1.93. The average molecular weight is 262 g/mol. The molecule has 0 aromatic carbocycles. The van der Waals surface area contributed by atoms with Gasteiger partial charge in [-0.15, -0.1) is 0 Å². The molecule has 1 N–H and O–H groups in total. The molecule has 0 radical (unpaired) electrons. The third-order valence-corrected chi connectivity index (χ3v) is 5.23. The van der Waals surface area contributed by atoms with Crippen molar-refractivity contribution in [1.29, 1.82) is 0 Å². The maximum atomic E-state index is 6.28. The largest absolute Gasteiger partial charge is 0.346 e. The van der Waals surface area contributed by atoms with E-state index in [2.05, 4.69) is 9.97 Å². The number of rotatable bonds is 1. The van der Waals surface area contributed by atoms with Crippen molar-refractivity contribution in [3.63, 3.8) is 0 Å². The van der Waals surface area contributed by atoms with E-state index in [0.29, 0.717) is 5.15 Å². The zero-order chi connectivity index (χ0) is 12.2. The van der Waals surface area contributed by atoms with Crippen LogP contribution in [0.5, 0.6) is 0 Å². The predicted octanol–water partition coefficient (Wildman–Crippen LogP) is 3.83. The highest BCUT2D eigenvalue weighted by Crippen LogP contribution is 2.50. The first-order valence-corrected chi connectivity index (χ1v) is 7.16. The first-order chi connectivity index (χ1) is 8.77. The number of halogens is 1. The van der Waals surface area contributed by atoms with Gasteiger partial charge < -0.3 is 4.98 Å². The highest BCUT2D eigenvalue weighted by atomic mass is 35.5. The Morgan fingerprint density at radius 1 is 1.17 bits per heavy atom. The zero-order valence-electron chi connectivity index (χ0n) is 10.2. The smallest absolute Gasteiger partial charge is 0.142 e. The maximum Gasteiger partial charge on any atom is 0.142 e. The number of H-pyrrole nitrogens is 1. The third-order valence-electron chi connectivity index (χ3n) is 4.94. The fourth-order valence-electron chi connectivity index (χ4n) is 3.73. The van der Waals surface area contributed by atoms with Gasteiger partial charge in [-0.2, -0.15) is 0 Å². The van der Waals surface area contributed by atoms with E-state index < -0.39 is 0 Å². The van der Waals surface area contributed by atoms with Crippen molar-refractivity contribution < 1.29 is 0 Å². The van der Waals surface area contributed by atoms with Crippen molar-refractivity contribution in [3.05, 3.63) is 23.2 Å². The van der Waals surface area contributed by atoms with Crippen LogP contribution in [-0.4, -0.2) is 15.0 Å². The number of aromatic amines is 1. The summed E-state index contributed by atoms with van der Waals surface area (Å²) in [6.07, 6.45) is 9.60. The lowest BCUT2D eigenvalue weighted by Gasteiger charge is -2.45. The van der Waals surface area contributed by atoms with Crippen molar-refractivity contribution >= 4 is 22.6 Å². The Morgan fingerprint density at radius 3 is 2.61 bits per heavy atom. The number of hydrogen-bond acceptors (Lipinski definition) is 2. The van der Waals surface area contributed by atoms with Crippen molar-refractivity contribution in [2.24, 2.45) is 5.92 Å². The summed E-state index contributed by atoms with van der Waals surface area (Å²) in [6, 6.07) is 1.94. The first-order valence-electron chi connectivity index (χ1n) is 6.78. The molecule has 18 heavy (non-hydrogen) atoms. The van der Waals surface area contributed by atoms with Gasteiger partial charge in [0, 0.05) is 11.6 Å². The van der Waals surface area contributed by atoms with Crippen LogP contribution in [0.1, 0.15) is 44.3 Å². The minimum absolute atomic E-state index is 0.206. The molecule has 3 saturated carbocycles. The molecular formula is C14H16ClN3. The molecule has 2 bridgehead atoms. The van der Waals surface area contributed by atoms with Crippen LogP contribution in [0, 0.1) is 5.92 Å². The summed E-state index contributed by atoms with van der Waals surface area (Å²) in [4.78, 5) is 12.5. The SMILES string of the molecule is Clc1nc(C23CCC(CC2)CC3)nc2[nH]ccc12. The van der Waals surface area contributed by atoms with Gasteiger partial charge in [0.2, 0.25) is 0 Å². The fraction of sp³-hybridized carbons (Fsp3) is 0.571. The van der Waals surface area contributed by atoms with Crippen LogP contribution in [0.4, 0.5) is 0 Å². The monoisotopic (exact) mass is 261 g/mol. The Labute approximate surface area is 111 Å². The number of fused-ring (bicyclic) bond motifs is 4. The molecular weight excluding hydrogens is 246 g/mol. The zero-order valence-corrected chi connectivity index (χ0v) is 11.0. The van der Waals surface area contributed by atoms with Gasteiger partial charge in [0.05, 0.1) is 5.39 Å². The Hall–Kier alpha value is -1.09. The van der Waals surface area contributed by atoms with E-state index in [9.17, 15) is 0 Å². The summed E-state index contributed by atoms with van der Waals surface area (Å²) < 4.78 is 0. The van der Waals surface area contributed by atoms with Crippen LogP contribution in [0.25, 0.3) is 11.0 Å². The van der Waals surface area contributed by atoms with Crippen LogP contribution >= 0.6 is 11.6 Å². The van der Waals surface area contributed by atoms with Gasteiger partial charge in [-0.25, -0.2) is 9.97 Å². The minimum atomic E-state index is 0.206. The minimum Gasteiger partial charge on any atom is -0.346 e. The molecule has 94 valence electrons. The van der Waals surface area contributed by atoms with Crippen LogP contribution in [0.2, 0.25) is 5.15 Å². The summed E-state index contributed by atoms with van der Waals surface area (Å²) in [5, 5.41) is 1.53. The molecule has 2 heterocycles. The molecule has 4 heteroatoms. The molecule has 0 amide bonds. The molecule has 2 aromatic rings. The summed E-state index contributed by atoms with van der Waals surface area (Å²) in [5.41, 5.74) is 1.09. The van der Waals surface area contributed by atoms with Gasteiger partial charge in [0.15, 0.2) is 0 Å². The maximum absolute atomic E-state index is 6.28. The molecule has 3 fully saturated rings. The van der Waals surface area contributed by atoms with Crippen LogP contribution in [-0.2, 0) is 5.41 Å². The Kier molecular flexibility index (Phi) is 2.22. The Morgan fingerprint density at radius 2 is 1.89 bits per heavy atom. The average Bonchev–Trinajstić information content (AvgIpc) is 2.90. The normalized spacial score (nSPS) is 31.1. The number of aromatic nitrogens is 3. The molecule has 0 unspecified atom stereocenters. The van der Waals surface area contributed by atoms with Crippen LogP contribution < -0.4 is 0 Å². The van der Waals surface area contributed by atoms with E-state index in [4.69, 9.17) is 16.6 Å². The molecule has 0 atom stereocenters. The van der Waals surface area contributed by atoms with Gasteiger partial charge in [0.25, 0.3) is 0 Å². The second kappa shape index (κ2) is 3.70. The molecule has 5 rings (SSSR count). The summed E-state index contributed by atoms with van der Waals surface area (Å²) >= 11 is 6.28. The van der Waals surface area contributed by atoms with Gasteiger partial charge in [-0.1, -0.05) is 11.6 Å². The van der Waals surface area contributed by atoms with E-state index >= 15 is 0 Å². The third kappa shape index (κ3) is 1.43.